The molecule has 4 heteroatoms. The highest BCUT2D eigenvalue weighted by Gasteiger charge is 2.07. The second-order valence-electron chi connectivity index (χ2n) is 2.60. The summed E-state index contributed by atoms with van der Waals surface area (Å²) in [5.41, 5.74) is 1.08. The van der Waals surface area contributed by atoms with E-state index in [1.165, 1.54) is 0 Å². The molecule has 0 atom stereocenters. The lowest BCUT2D eigenvalue weighted by atomic mass is 10.3. The fraction of sp³-hybridized carbons (Fsp3) is 0.111. The number of hydrogen-bond acceptors (Lipinski definition) is 3. The summed E-state index contributed by atoms with van der Waals surface area (Å²) >= 11 is 0. The van der Waals surface area contributed by atoms with Crippen LogP contribution < -0.4 is 0 Å². The molecule has 0 spiro atoms. The SMILES string of the molecule is N#Cc1nc(CO)n2ccccc12. The minimum Gasteiger partial charge on any atom is -0.388 e. The molecule has 0 unspecified atom stereocenters. The Kier molecular flexibility index (Phi) is 1.72. The molecule has 0 saturated heterocycles. The van der Waals surface area contributed by atoms with Gasteiger partial charge in [-0.25, -0.2) is 4.98 Å². The standard InChI is InChI=1S/C9H7N3O/c10-5-7-8-3-1-2-4-12(8)9(6-13)11-7/h1-4,13H,6H2. The monoisotopic (exact) mass is 173 g/mol. The van der Waals surface area contributed by atoms with Crippen molar-refractivity contribution in [2.45, 2.75) is 6.61 Å². The molecule has 0 saturated carbocycles. The van der Waals surface area contributed by atoms with Gasteiger partial charge in [-0.3, -0.25) is 0 Å². The van der Waals surface area contributed by atoms with Crippen LogP contribution in [0.3, 0.4) is 0 Å². The van der Waals surface area contributed by atoms with E-state index in [-0.39, 0.29) is 6.61 Å². The molecule has 4 nitrogen and oxygen atoms in total. The Bertz CT molecular complexity index is 481. The molecular formula is C9H7N3O. The third-order valence-electron chi connectivity index (χ3n) is 1.87. The number of nitriles is 1. The van der Waals surface area contributed by atoms with E-state index in [0.717, 1.165) is 5.52 Å². The molecule has 0 aliphatic carbocycles. The molecule has 2 heterocycles. The third kappa shape index (κ3) is 1.06. The number of nitrogens with zero attached hydrogens (tertiary/aromatic N) is 3. The first-order chi connectivity index (χ1) is 6.36. The average Bonchev–Trinajstić information content (AvgIpc) is 2.56. The van der Waals surface area contributed by atoms with Gasteiger partial charge in [-0.15, -0.1) is 0 Å². The van der Waals surface area contributed by atoms with Crippen molar-refractivity contribution in [2.75, 3.05) is 0 Å². The summed E-state index contributed by atoms with van der Waals surface area (Å²) in [6.45, 7) is -0.160. The van der Waals surface area contributed by atoms with Gasteiger partial charge in [0.2, 0.25) is 0 Å². The maximum atomic E-state index is 8.95. The summed E-state index contributed by atoms with van der Waals surface area (Å²) in [4.78, 5) is 3.98. The van der Waals surface area contributed by atoms with Crippen molar-refractivity contribution in [1.29, 1.82) is 5.26 Å². The van der Waals surface area contributed by atoms with Gasteiger partial charge in [-0.2, -0.15) is 5.26 Å². The van der Waals surface area contributed by atoms with E-state index in [0.29, 0.717) is 11.5 Å². The van der Waals surface area contributed by atoms with Crippen molar-refractivity contribution in [3.63, 3.8) is 0 Å². The van der Waals surface area contributed by atoms with Gasteiger partial charge in [-0.05, 0) is 12.1 Å². The Balaban J connectivity index is 2.84. The van der Waals surface area contributed by atoms with Gasteiger partial charge in [0, 0.05) is 6.20 Å². The first-order valence-electron chi connectivity index (χ1n) is 3.83. The van der Waals surface area contributed by atoms with Crippen LogP contribution in [-0.2, 0) is 6.61 Å². The summed E-state index contributed by atoms with van der Waals surface area (Å²) in [7, 11) is 0. The average molecular weight is 173 g/mol. The second kappa shape index (κ2) is 2.88. The number of pyridine rings is 1. The van der Waals surface area contributed by atoms with Crippen LogP contribution in [0, 0.1) is 11.3 Å². The normalized spacial score (nSPS) is 10.2. The fourth-order valence-corrected chi connectivity index (χ4v) is 1.30. The number of aliphatic hydroxyl groups is 1. The summed E-state index contributed by atoms with van der Waals surface area (Å²) in [5.74, 6) is 0.493. The van der Waals surface area contributed by atoms with E-state index in [2.05, 4.69) is 4.98 Å². The predicted octanol–water partition coefficient (Wildman–Crippen LogP) is 0.698. The smallest absolute Gasteiger partial charge is 0.166 e. The van der Waals surface area contributed by atoms with Crippen LogP contribution in [0.15, 0.2) is 24.4 Å². The van der Waals surface area contributed by atoms with Crippen LogP contribution >= 0.6 is 0 Å². The fourth-order valence-electron chi connectivity index (χ4n) is 1.30. The summed E-state index contributed by atoms with van der Waals surface area (Å²) in [6, 6.07) is 7.44. The molecule has 0 aromatic carbocycles. The van der Waals surface area contributed by atoms with Gasteiger partial charge in [-0.1, -0.05) is 6.07 Å². The topological polar surface area (TPSA) is 61.3 Å². The molecule has 64 valence electrons. The van der Waals surface area contributed by atoms with Crippen LogP contribution in [0.25, 0.3) is 5.52 Å². The zero-order valence-corrected chi connectivity index (χ0v) is 6.81. The Morgan fingerprint density at radius 3 is 3.08 bits per heavy atom. The lowest BCUT2D eigenvalue weighted by Gasteiger charge is -1.94. The quantitative estimate of drug-likeness (QED) is 0.690. The van der Waals surface area contributed by atoms with Crippen molar-refractivity contribution in [2.24, 2.45) is 0 Å². The predicted molar refractivity (Wildman–Crippen MR) is 45.8 cm³/mol. The number of fused-ring (bicyclic) bond motifs is 1. The van der Waals surface area contributed by atoms with E-state index in [1.54, 1.807) is 16.7 Å². The molecule has 1 N–H and O–H groups in total. The molecule has 0 fully saturated rings. The molecule has 2 aromatic heterocycles. The Morgan fingerprint density at radius 2 is 2.38 bits per heavy atom. The Morgan fingerprint density at radius 1 is 1.54 bits per heavy atom. The van der Waals surface area contributed by atoms with E-state index < -0.39 is 0 Å². The van der Waals surface area contributed by atoms with E-state index >= 15 is 0 Å². The highest BCUT2D eigenvalue weighted by atomic mass is 16.3. The summed E-state index contributed by atoms with van der Waals surface area (Å²) in [6.07, 6.45) is 1.77. The van der Waals surface area contributed by atoms with Gasteiger partial charge in [0.1, 0.15) is 18.5 Å². The lowest BCUT2D eigenvalue weighted by Crippen LogP contribution is -1.92. The van der Waals surface area contributed by atoms with Crippen LogP contribution in [0.5, 0.6) is 0 Å². The summed E-state index contributed by atoms with van der Waals surface area (Å²) in [5, 5.41) is 17.7. The zero-order valence-electron chi connectivity index (χ0n) is 6.81. The van der Waals surface area contributed by atoms with Crippen molar-refractivity contribution in [3.05, 3.63) is 35.9 Å². The second-order valence-corrected chi connectivity index (χ2v) is 2.60. The largest absolute Gasteiger partial charge is 0.388 e. The molecular weight excluding hydrogens is 166 g/mol. The van der Waals surface area contributed by atoms with E-state index in [4.69, 9.17) is 10.4 Å². The van der Waals surface area contributed by atoms with Gasteiger partial charge in [0.15, 0.2) is 5.69 Å². The lowest BCUT2D eigenvalue weighted by molar-refractivity contribution is 0.270. The molecule has 2 rings (SSSR count). The van der Waals surface area contributed by atoms with Crippen LogP contribution in [0.4, 0.5) is 0 Å². The number of rotatable bonds is 1. The van der Waals surface area contributed by atoms with Crippen LogP contribution in [-0.4, -0.2) is 14.5 Å². The Hall–Kier alpha value is -1.86. The van der Waals surface area contributed by atoms with Crippen molar-refractivity contribution < 1.29 is 5.11 Å². The number of hydrogen-bond donors (Lipinski definition) is 1. The van der Waals surface area contributed by atoms with Gasteiger partial charge >= 0.3 is 0 Å². The number of aromatic nitrogens is 2. The molecule has 0 amide bonds. The molecule has 0 bridgehead atoms. The maximum Gasteiger partial charge on any atom is 0.166 e. The Labute approximate surface area is 74.7 Å². The minimum atomic E-state index is -0.160. The van der Waals surface area contributed by atoms with Gasteiger partial charge < -0.3 is 9.51 Å². The van der Waals surface area contributed by atoms with Crippen molar-refractivity contribution >= 4 is 5.52 Å². The maximum absolute atomic E-state index is 8.95. The molecule has 0 radical (unpaired) electrons. The first kappa shape index (κ1) is 7.77. The summed E-state index contributed by atoms with van der Waals surface area (Å²) < 4.78 is 1.71. The third-order valence-corrected chi connectivity index (χ3v) is 1.87. The number of imidazole rings is 1. The number of aliphatic hydroxyl groups excluding tert-OH is 1. The molecule has 0 aliphatic heterocycles. The molecule has 13 heavy (non-hydrogen) atoms. The van der Waals surface area contributed by atoms with E-state index in [1.807, 2.05) is 18.2 Å². The highest BCUT2D eigenvalue weighted by molar-refractivity contribution is 5.58. The highest BCUT2D eigenvalue weighted by Crippen LogP contribution is 2.11. The molecule has 2 aromatic rings. The van der Waals surface area contributed by atoms with Gasteiger partial charge in [0.05, 0.1) is 5.52 Å². The van der Waals surface area contributed by atoms with Crippen LogP contribution in [0.1, 0.15) is 11.5 Å². The molecule has 0 aliphatic rings. The minimum absolute atomic E-state index is 0.160. The van der Waals surface area contributed by atoms with Gasteiger partial charge in [0.25, 0.3) is 0 Å². The van der Waals surface area contributed by atoms with Crippen molar-refractivity contribution in [1.82, 2.24) is 9.38 Å². The zero-order chi connectivity index (χ0) is 9.26. The van der Waals surface area contributed by atoms with Crippen LogP contribution in [0.2, 0.25) is 0 Å². The van der Waals surface area contributed by atoms with Crippen molar-refractivity contribution in [3.8, 4) is 6.07 Å². The van der Waals surface area contributed by atoms with E-state index in [9.17, 15) is 0 Å². The first-order valence-corrected chi connectivity index (χ1v) is 3.83.